The number of hydrogen-bond acceptors (Lipinski definition) is 5. The van der Waals surface area contributed by atoms with E-state index in [9.17, 15) is 0 Å². The Bertz CT molecular complexity index is 718. The fraction of sp³-hybridized carbons (Fsp3) is 0.143. The van der Waals surface area contributed by atoms with E-state index in [1.807, 2.05) is 24.1 Å². The van der Waals surface area contributed by atoms with Crippen molar-refractivity contribution in [3.63, 3.8) is 0 Å². The number of nitrogens with two attached hydrogens (primary N) is 1. The van der Waals surface area contributed by atoms with E-state index in [2.05, 4.69) is 41.5 Å². The summed E-state index contributed by atoms with van der Waals surface area (Å²) >= 11 is 0. The zero-order chi connectivity index (χ0) is 13.4. The summed E-state index contributed by atoms with van der Waals surface area (Å²) < 4.78 is 4.78. The van der Waals surface area contributed by atoms with Crippen LogP contribution in [0.25, 0.3) is 11.0 Å². The second-order valence-electron chi connectivity index (χ2n) is 4.53. The summed E-state index contributed by atoms with van der Waals surface area (Å²) in [5.74, 6) is 0. The highest BCUT2D eigenvalue weighted by atomic mass is 16.6. The van der Waals surface area contributed by atoms with Crippen LogP contribution >= 0.6 is 0 Å². The fourth-order valence-corrected chi connectivity index (χ4v) is 2.05. The van der Waals surface area contributed by atoms with Crippen molar-refractivity contribution in [1.29, 1.82) is 0 Å². The number of nitrogen functional groups attached to an aromatic ring is 1. The molecule has 0 atom stereocenters. The molecule has 0 unspecified atom stereocenters. The van der Waals surface area contributed by atoms with Gasteiger partial charge in [0.15, 0.2) is 11.0 Å². The van der Waals surface area contributed by atoms with Gasteiger partial charge >= 0.3 is 0 Å². The van der Waals surface area contributed by atoms with Gasteiger partial charge in [-0.2, -0.15) is 0 Å². The van der Waals surface area contributed by atoms with Crippen LogP contribution in [0.1, 0.15) is 5.56 Å². The van der Waals surface area contributed by atoms with Crippen LogP contribution in [-0.2, 0) is 0 Å². The summed E-state index contributed by atoms with van der Waals surface area (Å²) in [5, 5.41) is 7.77. The van der Waals surface area contributed by atoms with Crippen molar-refractivity contribution in [3.8, 4) is 0 Å². The molecule has 0 spiro atoms. The summed E-state index contributed by atoms with van der Waals surface area (Å²) in [6.45, 7) is 2.06. The number of nitrogens with zero attached hydrogens (tertiary/aromatic N) is 3. The van der Waals surface area contributed by atoms with Gasteiger partial charge in [-0.1, -0.05) is 17.7 Å². The number of hydrogen-bond donors (Lipinski definition) is 1. The van der Waals surface area contributed by atoms with E-state index in [0.717, 1.165) is 11.4 Å². The molecule has 0 amide bonds. The van der Waals surface area contributed by atoms with Crippen LogP contribution < -0.4 is 10.6 Å². The first kappa shape index (κ1) is 11.5. The zero-order valence-electron chi connectivity index (χ0n) is 10.8. The molecule has 0 aliphatic heterocycles. The summed E-state index contributed by atoms with van der Waals surface area (Å²) in [6.07, 6.45) is 0. The quantitative estimate of drug-likeness (QED) is 0.712. The van der Waals surface area contributed by atoms with E-state index in [1.165, 1.54) is 5.56 Å². The van der Waals surface area contributed by atoms with Crippen LogP contribution in [0.15, 0.2) is 41.0 Å². The monoisotopic (exact) mass is 254 g/mol. The summed E-state index contributed by atoms with van der Waals surface area (Å²) in [4.78, 5) is 2.03. The molecular formula is C14H14N4O. The lowest BCUT2D eigenvalue weighted by Crippen LogP contribution is -2.10. The van der Waals surface area contributed by atoms with Crippen LogP contribution in [0.3, 0.4) is 0 Å². The van der Waals surface area contributed by atoms with Crippen LogP contribution in [-0.4, -0.2) is 17.4 Å². The van der Waals surface area contributed by atoms with Gasteiger partial charge in [-0.05, 0) is 41.5 Å². The normalized spacial score (nSPS) is 10.8. The van der Waals surface area contributed by atoms with Crippen LogP contribution in [0.5, 0.6) is 0 Å². The Hall–Kier alpha value is -2.56. The summed E-state index contributed by atoms with van der Waals surface area (Å²) in [6, 6.07) is 12.0. The van der Waals surface area contributed by atoms with Gasteiger partial charge in [-0.15, -0.1) is 0 Å². The molecule has 3 rings (SSSR count). The minimum absolute atomic E-state index is 0.567. The van der Waals surface area contributed by atoms with E-state index in [0.29, 0.717) is 16.7 Å². The first-order valence-corrected chi connectivity index (χ1v) is 5.98. The molecule has 0 saturated carbocycles. The third kappa shape index (κ3) is 1.89. The highest BCUT2D eigenvalue weighted by molar-refractivity contribution is 5.96. The minimum atomic E-state index is 0.567. The summed E-state index contributed by atoms with van der Waals surface area (Å²) in [5.41, 5.74) is 10.9. The minimum Gasteiger partial charge on any atom is -0.397 e. The molecule has 0 aliphatic carbocycles. The van der Waals surface area contributed by atoms with Crippen molar-refractivity contribution >= 4 is 28.1 Å². The van der Waals surface area contributed by atoms with Gasteiger partial charge < -0.3 is 10.6 Å². The predicted molar refractivity (Wildman–Crippen MR) is 75.5 cm³/mol. The second kappa shape index (κ2) is 4.28. The average molecular weight is 254 g/mol. The third-order valence-corrected chi connectivity index (χ3v) is 3.21. The molecule has 3 aromatic rings. The van der Waals surface area contributed by atoms with Crippen molar-refractivity contribution in [3.05, 3.63) is 42.0 Å². The number of anilines is 3. The largest absolute Gasteiger partial charge is 0.397 e. The zero-order valence-corrected chi connectivity index (χ0v) is 10.8. The van der Waals surface area contributed by atoms with Crippen molar-refractivity contribution in [1.82, 2.24) is 10.3 Å². The Balaban J connectivity index is 2.11. The molecule has 0 bridgehead atoms. The van der Waals surface area contributed by atoms with Crippen LogP contribution in [0, 0.1) is 6.92 Å². The fourth-order valence-electron chi connectivity index (χ4n) is 2.05. The first-order valence-electron chi connectivity index (χ1n) is 5.98. The molecule has 5 heteroatoms. The SMILES string of the molecule is Cc1ccc(N(C)c2ccc(N)c3nonc23)cc1. The Kier molecular flexibility index (Phi) is 2.59. The topological polar surface area (TPSA) is 68.2 Å². The molecule has 2 aromatic carbocycles. The number of aromatic nitrogens is 2. The maximum Gasteiger partial charge on any atom is 0.160 e. The average Bonchev–Trinajstić information content (AvgIpc) is 2.89. The number of fused-ring (bicyclic) bond motifs is 1. The lowest BCUT2D eigenvalue weighted by atomic mass is 10.2. The van der Waals surface area contributed by atoms with Crippen molar-refractivity contribution < 1.29 is 4.63 Å². The molecule has 0 aliphatic rings. The third-order valence-electron chi connectivity index (χ3n) is 3.21. The standard InChI is InChI=1S/C14H14N4O/c1-9-3-5-10(6-4-9)18(2)12-8-7-11(15)13-14(12)17-19-16-13/h3-8H,15H2,1-2H3. The molecule has 2 N–H and O–H groups in total. The highest BCUT2D eigenvalue weighted by Gasteiger charge is 2.14. The van der Waals surface area contributed by atoms with Gasteiger partial charge in [-0.3, -0.25) is 0 Å². The highest BCUT2D eigenvalue weighted by Crippen LogP contribution is 2.31. The molecule has 96 valence electrons. The van der Waals surface area contributed by atoms with Gasteiger partial charge in [-0.25, -0.2) is 4.63 Å². The van der Waals surface area contributed by atoms with Crippen molar-refractivity contribution in [2.75, 3.05) is 17.7 Å². The maximum atomic E-state index is 5.85. The van der Waals surface area contributed by atoms with Crippen molar-refractivity contribution in [2.45, 2.75) is 6.92 Å². The van der Waals surface area contributed by atoms with Crippen LogP contribution in [0.4, 0.5) is 17.1 Å². The Morgan fingerprint density at radius 3 is 2.42 bits per heavy atom. The lowest BCUT2D eigenvalue weighted by molar-refractivity contribution is 0.315. The Morgan fingerprint density at radius 1 is 1.00 bits per heavy atom. The van der Waals surface area contributed by atoms with Crippen LogP contribution in [0.2, 0.25) is 0 Å². The van der Waals surface area contributed by atoms with E-state index >= 15 is 0 Å². The second-order valence-corrected chi connectivity index (χ2v) is 4.53. The van der Waals surface area contributed by atoms with E-state index in [4.69, 9.17) is 10.4 Å². The molecule has 0 saturated heterocycles. The molecule has 0 radical (unpaired) electrons. The number of benzene rings is 2. The number of aryl methyl sites for hydroxylation is 1. The maximum absolute atomic E-state index is 5.85. The molecular weight excluding hydrogens is 240 g/mol. The van der Waals surface area contributed by atoms with Gasteiger partial charge in [0.1, 0.15) is 0 Å². The predicted octanol–water partition coefficient (Wildman–Crippen LogP) is 2.88. The molecule has 0 fully saturated rings. The van der Waals surface area contributed by atoms with Gasteiger partial charge in [0.25, 0.3) is 0 Å². The molecule has 1 aromatic heterocycles. The Labute approximate surface area is 110 Å². The van der Waals surface area contributed by atoms with E-state index < -0.39 is 0 Å². The first-order chi connectivity index (χ1) is 9.16. The smallest absolute Gasteiger partial charge is 0.160 e. The van der Waals surface area contributed by atoms with Gasteiger partial charge in [0, 0.05) is 12.7 Å². The summed E-state index contributed by atoms with van der Waals surface area (Å²) in [7, 11) is 1.98. The van der Waals surface area contributed by atoms with Gasteiger partial charge in [0.05, 0.1) is 11.4 Å². The molecule has 5 nitrogen and oxygen atoms in total. The Morgan fingerprint density at radius 2 is 1.68 bits per heavy atom. The van der Waals surface area contributed by atoms with E-state index in [1.54, 1.807) is 0 Å². The van der Waals surface area contributed by atoms with E-state index in [-0.39, 0.29) is 0 Å². The van der Waals surface area contributed by atoms with Crippen molar-refractivity contribution in [2.24, 2.45) is 0 Å². The lowest BCUT2D eigenvalue weighted by Gasteiger charge is -2.19. The molecule has 19 heavy (non-hydrogen) atoms. The number of rotatable bonds is 2. The molecule has 1 heterocycles. The van der Waals surface area contributed by atoms with Gasteiger partial charge in [0.2, 0.25) is 0 Å².